The van der Waals surface area contributed by atoms with Crippen molar-refractivity contribution in [3.63, 3.8) is 0 Å². The predicted octanol–water partition coefficient (Wildman–Crippen LogP) is 2.26. The summed E-state index contributed by atoms with van der Waals surface area (Å²) in [7, 11) is -2.30. The number of amides is 1. The largest absolute Gasteiger partial charge is 0.383 e. The number of aromatic nitrogens is 1. The summed E-state index contributed by atoms with van der Waals surface area (Å²) in [6, 6.07) is 15.9. The molecule has 0 spiro atoms. The Balaban J connectivity index is 1.93. The van der Waals surface area contributed by atoms with E-state index in [1.807, 2.05) is 0 Å². The first kappa shape index (κ1) is 21.4. The zero-order valence-corrected chi connectivity index (χ0v) is 18.0. The maximum atomic E-state index is 14.3. The Hall–Kier alpha value is -3.79. The second-order valence-corrected chi connectivity index (χ2v) is 8.86. The third kappa shape index (κ3) is 3.69. The first-order valence-corrected chi connectivity index (χ1v) is 11.3. The molecular formula is C22H19FN4O4S. The third-order valence-corrected chi connectivity index (χ3v) is 5.59. The molecule has 2 aromatic carbocycles. The predicted molar refractivity (Wildman–Crippen MR) is 117 cm³/mol. The highest BCUT2D eigenvalue weighted by Crippen LogP contribution is 2.41. The van der Waals surface area contributed by atoms with Crippen LogP contribution in [0.3, 0.4) is 0 Å². The average Bonchev–Trinajstić information content (AvgIpc) is 2.98. The topological polar surface area (TPSA) is 115 Å². The Morgan fingerprint density at radius 1 is 1.06 bits per heavy atom. The molecule has 3 aromatic rings. The molecule has 4 rings (SSSR count). The van der Waals surface area contributed by atoms with Gasteiger partial charge in [-0.25, -0.2) is 9.98 Å². The van der Waals surface area contributed by atoms with Crippen LogP contribution in [-0.2, 0) is 20.5 Å². The van der Waals surface area contributed by atoms with E-state index in [-0.39, 0.29) is 17.3 Å². The summed E-state index contributed by atoms with van der Waals surface area (Å²) in [5.41, 5.74) is 5.90. The van der Waals surface area contributed by atoms with Crippen LogP contribution in [0.2, 0.25) is 0 Å². The zero-order chi connectivity index (χ0) is 23.1. The fourth-order valence-corrected chi connectivity index (χ4v) is 4.10. The number of halogens is 1. The Morgan fingerprint density at radius 3 is 2.38 bits per heavy atom. The van der Waals surface area contributed by atoms with Crippen LogP contribution in [0.25, 0.3) is 11.1 Å². The average molecular weight is 454 g/mol. The van der Waals surface area contributed by atoms with Gasteiger partial charge >= 0.3 is 10.1 Å². The maximum absolute atomic E-state index is 14.3. The summed E-state index contributed by atoms with van der Waals surface area (Å²) in [4.78, 5) is 22.8. The molecule has 1 atom stereocenters. The van der Waals surface area contributed by atoms with E-state index in [0.717, 1.165) is 6.26 Å². The molecule has 1 amide bonds. The number of carbonyl (C=O) groups excluding carboxylic acids is 1. The molecule has 8 nitrogen and oxygen atoms in total. The molecule has 1 aromatic heterocycles. The number of carbonyl (C=O) groups is 1. The van der Waals surface area contributed by atoms with E-state index in [1.165, 1.54) is 30.3 Å². The SMILES string of the molecule is CN1C(=O)C(c2cccc(OS(C)(=O)=O)c2)(c2cccc(-c3cccnc3F)c2)N=C1N. The molecule has 32 heavy (non-hydrogen) atoms. The molecule has 0 fully saturated rings. The fourth-order valence-electron chi connectivity index (χ4n) is 3.65. The molecule has 164 valence electrons. The van der Waals surface area contributed by atoms with Gasteiger partial charge in [0.2, 0.25) is 5.95 Å². The van der Waals surface area contributed by atoms with E-state index in [1.54, 1.807) is 48.5 Å². The van der Waals surface area contributed by atoms with Gasteiger partial charge < -0.3 is 9.92 Å². The Morgan fingerprint density at radius 2 is 1.75 bits per heavy atom. The molecule has 0 radical (unpaired) electrons. The molecule has 0 bridgehead atoms. The number of hydrogen-bond acceptors (Lipinski definition) is 7. The van der Waals surface area contributed by atoms with Crippen molar-refractivity contribution in [1.29, 1.82) is 0 Å². The Bertz CT molecular complexity index is 1360. The molecular weight excluding hydrogens is 435 g/mol. The van der Waals surface area contributed by atoms with Crippen LogP contribution < -0.4 is 9.92 Å². The monoisotopic (exact) mass is 454 g/mol. The smallest absolute Gasteiger partial charge is 0.306 e. The highest BCUT2D eigenvalue weighted by atomic mass is 32.2. The number of benzene rings is 2. The summed E-state index contributed by atoms with van der Waals surface area (Å²) in [6.07, 6.45) is 2.27. The first-order valence-electron chi connectivity index (χ1n) is 9.47. The number of nitrogens with two attached hydrogens (primary N) is 1. The third-order valence-electron chi connectivity index (χ3n) is 5.09. The van der Waals surface area contributed by atoms with Gasteiger partial charge in [0.25, 0.3) is 5.91 Å². The van der Waals surface area contributed by atoms with Gasteiger partial charge in [0, 0.05) is 18.8 Å². The standard InChI is InChI=1S/C22H19FN4O4S/c1-27-20(28)22(26-21(27)24,16-8-4-9-17(13-16)31-32(2,29)30)15-7-3-6-14(12-15)18-10-5-11-25-19(18)23/h3-13H,1-2H3,(H2,24,26). The molecule has 0 saturated carbocycles. The van der Waals surface area contributed by atoms with Crippen molar-refractivity contribution in [2.45, 2.75) is 5.54 Å². The number of rotatable bonds is 5. The van der Waals surface area contributed by atoms with Crippen molar-refractivity contribution in [1.82, 2.24) is 9.88 Å². The number of pyridine rings is 1. The lowest BCUT2D eigenvalue weighted by molar-refractivity contribution is -0.129. The normalized spacial score (nSPS) is 18.5. The first-order chi connectivity index (χ1) is 15.1. The summed E-state index contributed by atoms with van der Waals surface area (Å²) in [5.74, 6) is -1.09. The van der Waals surface area contributed by atoms with E-state index in [4.69, 9.17) is 9.92 Å². The van der Waals surface area contributed by atoms with E-state index >= 15 is 0 Å². The number of nitrogens with zero attached hydrogens (tertiary/aromatic N) is 3. The molecule has 1 unspecified atom stereocenters. The van der Waals surface area contributed by atoms with E-state index in [2.05, 4.69) is 9.98 Å². The van der Waals surface area contributed by atoms with Crippen LogP contribution in [0.15, 0.2) is 71.9 Å². The summed E-state index contributed by atoms with van der Waals surface area (Å²) < 4.78 is 42.5. The lowest BCUT2D eigenvalue weighted by Gasteiger charge is -2.27. The van der Waals surface area contributed by atoms with Crippen molar-refractivity contribution >= 4 is 22.0 Å². The van der Waals surface area contributed by atoms with Crippen LogP contribution in [0.4, 0.5) is 4.39 Å². The van der Waals surface area contributed by atoms with Gasteiger partial charge in [-0.15, -0.1) is 0 Å². The lowest BCUT2D eigenvalue weighted by atomic mass is 9.81. The second kappa shape index (κ2) is 7.72. The summed E-state index contributed by atoms with van der Waals surface area (Å²) >= 11 is 0. The quantitative estimate of drug-likeness (QED) is 0.467. The minimum Gasteiger partial charge on any atom is -0.383 e. The van der Waals surface area contributed by atoms with E-state index < -0.39 is 27.5 Å². The molecule has 0 aliphatic carbocycles. The van der Waals surface area contributed by atoms with Crippen molar-refractivity contribution in [2.24, 2.45) is 10.7 Å². The van der Waals surface area contributed by atoms with Gasteiger partial charge in [0.05, 0.1) is 6.26 Å². The van der Waals surface area contributed by atoms with Gasteiger partial charge in [-0.1, -0.05) is 30.3 Å². The van der Waals surface area contributed by atoms with Gasteiger partial charge in [0.15, 0.2) is 11.5 Å². The van der Waals surface area contributed by atoms with Crippen LogP contribution >= 0.6 is 0 Å². The lowest BCUT2D eigenvalue weighted by Crippen LogP contribution is -2.41. The van der Waals surface area contributed by atoms with Crippen molar-refractivity contribution in [3.8, 4) is 16.9 Å². The van der Waals surface area contributed by atoms with Crippen LogP contribution in [0.5, 0.6) is 5.75 Å². The van der Waals surface area contributed by atoms with E-state index in [9.17, 15) is 17.6 Å². The second-order valence-electron chi connectivity index (χ2n) is 7.28. The summed E-state index contributed by atoms with van der Waals surface area (Å²) in [6.45, 7) is 0. The molecule has 10 heteroatoms. The highest BCUT2D eigenvalue weighted by molar-refractivity contribution is 7.86. The number of hydrogen-bond donors (Lipinski definition) is 1. The summed E-state index contributed by atoms with van der Waals surface area (Å²) in [5, 5.41) is 0. The van der Waals surface area contributed by atoms with E-state index in [0.29, 0.717) is 16.7 Å². The van der Waals surface area contributed by atoms with Gasteiger partial charge in [-0.3, -0.25) is 9.69 Å². The minimum atomic E-state index is -3.79. The molecule has 1 aliphatic rings. The highest BCUT2D eigenvalue weighted by Gasteiger charge is 2.49. The zero-order valence-electron chi connectivity index (χ0n) is 17.2. The van der Waals surface area contributed by atoms with Crippen LogP contribution in [0, 0.1) is 5.95 Å². The van der Waals surface area contributed by atoms with Crippen molar-refractivity contribution in [3.05, 3.63) is 83.9 Å². The number of likely N-dealkylation sites (N-methyl/N-ethyl adjacent to an activating group) is 1. The maximum Gasteiger partial charge on any atom is 0.306 e. The van der Waals surface area contributed by atoms with Crippen LogP contribution in [0.1, 0.15) is 11.1 Å². The number of guanidine groups is 1. The molecule has 2 heterocycles. The fraction of sp³-hybridized carbons (Fsp3) is 0.136. The molecule has 1 aliphatic heterocycles. The Labute approximate surface area is 184 Å². The van der Waals surface area contributed by atoms with Crippen LogP contribution in [-0.4, -0.2) is 43.5 Å². The van der Waals surface area contributed by atoms with Gasteiger partial charge in [-0.05, 0) is 47.0 Å². The minimum absolute atomic E-state index is 0.0117. The molecule has 2 N–H and O–H groups in total. The van der Waals surface area contributed by atoms with Gasteiger partial charge in [0.1, 0.15) is 5.75 Å². The van der Waals surface area contributed by atoms with Gasteiger partial charge in [-0.2, -0.15) is 12.8 Å². The molecule has 0 saturated heterocycles. The van der Waals surface area contributed by atoms with Crippen molar-refractivity contribution < 1.29 is 21.8 Å². The Kier molecular flexibility index (Phi) is 5.17. The van der Waals surface area contributed by atoms with Crippen molar-refractivity contribution in [2.75, 3.05) is 13.3 Å². The number of aliphatic imine (C=N–C) groups is 1.